The molecule has 0 spiro atoms. The van der Waals surface area contributed by atoms with Gasteiger partial charge < -0.3 is 5.32 Å². The van der Waals surface area contributed by atoms with Crippen LogP contribution in [-0.2, 0) is 7.05 Å². The number of nitrogens with one attached hydrogen (secondary N) is 1. The van der Waals surface area contributed by atoms with Crippen molar-refractivity contribution in [3.05, 3.63) is 51.8 Å². The lowest BCUT2D eigenvalue weighted by molar-refractivity contribution is 0.605. The molecule has 0 saturated carbocycles. The Kier molecular flexibility index (Phi) is 3.59. The first-order chi connectivity index (χ1) is 9.70. The maximum atomic E-state index is 4.75. The first-order valence-corrected chi connectivity index (χ1v) is 7.78. The highest BCUT2D eigenvalue weighted by Crippen LogP contribution is 2.30. The Balaban J connectivity index is 2.14. The Morgan fingerprint density at radius 3 is 2.85 bits per heavy atom. The molecule has 1 atom stereocenters. The van der Waals surface area contributed by atoms with E-state index in [1.165, 1.54) is 21.3 Å². The van der Waals surface area contributed by atoms with E-state index in [2.05, 4.69) is 54.9 Å². The van der Waals surface area contributed by atoms with Crippen molar-refractivity contribution in [1.29, 1.82) is 0 Å². The number of para-hydroxylation sites is 1. The van der Waals surface area contributed by atoms with Crippen LogP contribution in [0, 0.1) is 6.92 Å². The summed E-state index contributed by atoms with van der Waals surface area (Å²) in [6.45, 7) is 5.20. The molecule has 0 fully saturated rings. The van der Waals surface area contributed by atoms with Gasteiger partial charge in [0.25, 0.3) is 0 Å². The number of thiophene rings is 1. The van der Waals surface area contributed by atoms with Crippen LogP contribution in [0.15, 0.2) is 35.7 Å². The highest BCUT2D eigenvalue weighted by atomic mass is 32.1. The van der Waals surface area contributed by atoms with Crippen LogP contribution in [0.5, 0.6) is 0 Å². The molecular formula is C16H19N3S. The Labute approximate surface area is 123 Å². The average Bonchev–Trinajstić information content (AvgIpc) is 3.02. The summed E-state index contributed by atoms with van der Waals surface area (Å²) < 4.78 is 1.97. The van der Waals surface area contributed by atoms with Crippen molar-refractivity contribution >= 4 is 22.2 Å². The van der Waals surface area contributed by atoms with Crippen molar-refractivity contribution in [2.24, 2.45) is 7.05 Å². The number of nitrogens with zero attached hydrogens (tertiary/aromatic N) is 2. The third-order valence-electron chi connectivity index (χ3n) is 3.55. The lowest BCUT2D eigenvalue weighted by atomic mass is 10.0. The third-order valence-corrected chi connectivity index (χ3v) is 4.43. The van der Waals surface area contributed by atoms with E-state index in [0.29, 0.717) is 0 Å². The van der Waals surface area contributed by atoms with Crippen LogP contribution in [0.1, 0.15) is 29.1 Å². The number of hydrogen-bond donors (Lipinski definition) is 1. The SMILES string of the molecule is CCNC(c1csc(C)c1)c1nn(C)c2ccccc12. The summed E-state index contributed by atoms with van der Waals surface area (Å²) in [6.07, 6.45) is 0. The molecule has 0 amide bonds. The molecule has 1 N–H and O–H groups in total. The Morgan fingerprint density at radius 2 is 2.15 bits per heavy atom. The highest BCUT2D eigenvalue weighted by Gasteiger charge is 2.20. The number of aryl methyl sites for hydroxylation is 2. The molecule has 3 nitrogen and oxygen atoms in total. The van der Waals surface area contributed by atoms with Crippen molar-refractivity contribution < 1.29 is 0 Å². The standard InChI is InChI=1S/C16H19N3S/c1-4-17-15(12-9-11(2)20-10-12)16-13-7-5-6-8-14(13)19(3)18-16/h5-10,15,17H,4H2,1-3H3. The van der Waals surface area contributed by atoms with Gasteiger partial charge in [-0.3, -0.25) is 4.68 Å². The zero-order chi connectivity index (χ0) is 14.1. The molecule has 104 valence electrons. The van der Waals surface area contributed by atoms with Gasteiger partial charge in [-0.25, -0.2) is 0 Å². The summed E-state index contributed by atoms with van der Waals surface area (Å²) in [5.74, 6) is 0. The van der Waals surface area contributed by atoms with Crippen LogP contribution >= 0.6 is 11.3 Å². The topological polar surface area (TPSA) is 29.9 Å². The quantitative estimate of drug-likeness (QED) is 0.793. The van der Waals surface area contributed by atoms with Gasteiger partial charge in [0, 0.05) is 17.3 Å². The number of hydrogen-bond acceptors (Lipinski definition) is 3. The molecule has 3 rings (SSSR count). The highest BCUT2D eigenvalue weighted by molar-refractivity contribution is 7.10. The largest absolute Gasteiger partial charge is 0.305 e. The lowest BCUT2D eigenvalue weighted by Gasteiger charge is -2.15. The Bertz CT molecular complexity index is 726. The molecule has 0 aliphatic rings. The fourth-order valence-electron chi connectivity index (χ4n) is 2.65. The summed E-state index contributed by atoms with van der Waals surface area (Å²) in [7, 11) is 2.01. The minimum absolute atomic E-state index is 0.163. The fraction of sp³-hybridized carbons (Fsp3) is 0.312. The van der Waals surface area contributed by atoms with Crippen LogP contribution < -0.4 is 5.32 Å². The number of benzene rings is 1. The van der Waals surface area contributed by atoms with E-state index in [1.54, 1.807) is 11.3 Å². The van der Waals surface area contributed by atoms with E-state index in [4.69, 9.17) is 5.10 Å². The second-order valence-electron chi connectivity index (χ2n) is 5.01. The monoisotopic (exact) mass is 285 g/mol. The molecular weight excluding hydrogens is 266 g/mol. The fourth-order valence-corrected chi connectivity index (χ4v) is 3.38. The van der Waals surface area contributed by atoms with Crippen molar-refractivity contribution in [3.63, 3.8) is 0 Å². The minimum Gasteiger partial charge on any atom is -0.305 e. The van der Waals surface area contributed by atoms with Crippen LogP contribution in [-0.4, -0.2) is 16.3 Å². The van der Waals surface area contributed by atoms with E-state index in [0.717, 1.165) is 12.2 Å². The van der Waals surface area contributed by atoms with Crippen molar-refractivity contribution in [2.45, 2.75) is 19.9 Å². The number of aromatic nitrogens is 2. The number of fused-ring (bicyclic) bond motifs is 1. The van der Waals surface area contributed by atoms with Gasteiger partial charge in [0.1, 0.15) is 0 Å². The van der Waals surface area contributed by atoms with Crippen molar-refractivity contribution in [3.8, 4) is 0 Å². The van der Waals surface area contributed by atoms with Crippen LogP contribution in [0.3, 0.4) is 0 Å². The number of rotatable bonds is 4. The van der Waals surface area contributed by atoms with Crippen LogP contribution in [0.4, 0.5) is 0 Å². The molecule has 0 saturated heterocycles. The predicted molar refractivity (Wildman–Crippen MR) is 85.3 cm³/mol. The zero-order valence-electron chi connectivity index (χ0n) is 12.1. The molecule has 0 aliphatic heterocycles. The molecule has 1 unspecified atom stereocenters. The lowest BCUT2D eigenvalue weighted by Crippen LogP contribution is -2.22. The molecule has 2 aromatic heterocycles. The van der Waals surface area contributed by atoms with Gasteiger partial charge in [-0.1, -0.05) is 25.1 Å². The van der Waals surface area contributed by atoms with E-state index in [-0.39, 0.29) is 6.04 Å². The van der Waals surface area contributed by atoms with Crippen LogP contribution in [0.25, 0.3) is 10.9 Å². The maximum Gasteiger partial charge on any atom is 0.0918 e. The summed E-state index contributed by atoms with van der Waals surface area (Å²) >= 11 is 1.79. The molecule has 2 heterocycles. The smallest absolute Gasteiger partial charge is 0.0918 e. The van der Waals surface area contributed by atoms with Gasteiger partial charge in [-0.05, 0) is 36.5 Å². The van der Waals surface area contributed by atoms with Crippen LogP contribution in [0.2, 0.25) is 0 Å². The first kappa shape index (κ1) is 13.3. The zero-order valence-corrected chi connectivity index (χ0v) is 12.9. The molecule has 4 heteroatoms. The summed E-state index contributed by atoms with van der Waals surface area (Å²) in [5.41, 5.74) is 3.60. The third kappa shape index (κ3) is 2.25. The van der Waals surface area contributed by atoms with Gasteiger partial charge >= 0.3 is 0 Å². The van der Waals surface area contributed by atoms with Gasteiger partial charge in [-0.2, -0.15) is 5.10 Å². The molecule has 0 aliphatic carbocycles. The second-order valence-corrected chi connectivity index (χ2v) is 6.12. The molecule has 20 heavy (non-hydrogen) atoms. The van der Waals surface area contributed by atoms with Gasteiger partial charge in [-0.15, -0.1) is 11.3 Å². The maximum absolute atomic E-state index is 4.75. The van der Waals surface area contributed by atoms with E-state index in [1.807, 2.05) is 11.7 Å². The summed E-state index contributed by atoms with van der Waals surface area (Å²) in [5, 5.41) is 11.8. The van der Waals surface area contributed by atoms with Gasteiger partial charge in [0.15, 0.2) is 0 Å². The second kappa shape index (κ2) is 5.38. The molecule has 1 aromatic carbocycles. The average molecular weight is 285 g/mol. The normalized spacial score (nSPS) is 12.9. The summed E-state index contributed by atoms with van der Waals surface area (Å²) in [4.78, 5) is 1.34. The van der Waals surface area contributed by atoms with Crippen molar-refractivity contribution in [1.82, 2.24) is 15.1 Å². The van der Waals surface area contributed by atoms with Gasteiger partial charge in [0.2, 0.25) is 0 Å². The van der Waals surface area contributed by atoms with E-state index >= 15 is 0 Å². The summed E-state index contributed by atoms with van der Waals surface area (Å²) in [6, 6.07) is 10.8. The van der Waals surface area contributed by atoms with Crippen molar-refractivity contribution in [2.75, 3.05) is 6.54 Å². The Morgan fingerprint density at radius 1 is 1.35 bits per heavy atom. The van der Waals surface area contributed by atoms with E-state index < -0.39 is 0 Å². The minimum atomic E-state index is 0.163. The van der Waals surface area contributed by atoms with Gasteiger partial charge in [0.05, 0.1) is 17.3 Å². The first-order valence-electron chi connectivity index (χ1n) is 6.90. The van der Waals surface area contributed by atoms with E-state index in [9.17, 15) is 0 Å². The predicted octanol–water partition coefficient (Wildman–Crippen LogP) is 3.64. The molecule has 3 aromatic rings. The molecule has 0 radical (unpaired) electrons. The Hall–Kier alpha value is -1.65. The molecule has 0 bridgehead atoms.